The molecule has 0 aliphatic heterocycles. The van der Waals surface area contributed by atoms with E-state index in [1.165, 1.54) is 63.4 Å². The molecule has 0 saturated heterocycles. The molecule has 2 aliphatic rings. The summed E-state index contributed by atoms with van der Waals surface area (Å²) in [4.78, 5) is 12.5. The Morgan fingerprint density at radius 3 is 2.19 bits per heavy atom. The van der Waals surface area contributed by atoms with Gasteiger partial charge in [0.05, 0.1) is 5.56 Å². The Labute approximate surface area is 162 Å². The Bertz CT molecular complexity index is 738. The molecule has 0 atom stereocenters. The third-order valence-electron chi connectivity index (χ3n) is 6.64. The van der Waals surface area contributed by atoms with Gasteiger partial charge < -0.3 is 4.74 Å². The lowest BCUT2D eigenvalue weighted by Gasteiger charge is -2.36. The number of esters is 1. The molecule has 0 heterocycles. The van der Waals surface area contributed by atoms with Crippen molar-refractivity contribution in [3.05, 3.63) is 65.7 Å². The summed E-state index contributed by atoms with van der Waals surface area (Å²) in [6.45, 7) is 0. The summed E-state index contributed by atoms with van der Waals surface area (Å²) >= 11 is 0. The molecular weight excluding hydrogens is 332 g/mol. The van der Waals surface area contributed by atoms with Gasteiger partial charge in [0.25, 0.3) is 0 Å². The van der Waals surface area contributed by atoms with Crippen LogP contribution in [0.3, 0.4) is 0 Å². The third-order valence-corrected chi connectivity index (χ3v) is 6.64. The van der Waals surface area contributed by atoms with E-state index < -0.39 is 0 Å². The fourth-order valence-electron chi connectivity index (χ4n) is 5.10. The van der Waals surface area contributed by atoms with Crippen LogP contribution in [0.15, 0.2) is 54.6 Å². The molecule has 0 radical (unpaired) electrons. The van der Waals surface area contributed by atoms with Gasteiger partial charge in [-0.15, -0.1) is 0 Å². The van der Waals surface area contributed by atoms with Crippen LogP contribution in [0.1, 0.15) is 79.6 Å². The van der Waals surface area contributed by atoms with Gasteiger partial charge >= 0.3 is 5.97 Å². The van der Waals surface area contributed by atoms with Crippen molar-refractivity contribution in [3.63, 3.8) is 0 Å². The molecule has 2 aliphatic carbocycles. The number of hydrogen-bond donors (Lipinski definition) is 0. The molecule has 2 aromatic carbocycles. The van der Waals surface area contributed by atoms with E-state index in [1.807, 2.05) is 42.5 Å². The maximum Gasteiger partial charge on any atom is 0.343 e. The normalized spacial score (nSPS) is 23.7. The van der Waals surface area contributed by atoms with Crippen LogP contribution in [0.25, 0.3) is 0 Å². The number of carbonyl (C=O) groups excluding carboxylic acids is 1. The lowest BCUT2D eigenvalue weighted by atomic mass is 9.70. The van der Waals surface area contributed by atoms with Crippen LogP contribution in [-0.4, -0.2) is 5.97 Å². The molecular formula is C25H30O2. The Kier molecular flexibility index (Phi) is 5.91. The van der Waals surface area contributed by atoms with Crippen molar-refractivity contribution in [1.29, 1.82) is 0 Å². The molecule has 2 nitrogen and oxygen atoms in total. The van der Waals surface area contributed by atoms with Gasteiger partial charge in [-0.05, 0) is 73.3 Å². The molecule has 27 heavy (non-hydrogen) atoms. The zero-order valence-electron chi connectivity index (χ0n) is 16.1. The van der Waals surface area contributed by atoms with E-state index in [-0.39, 0.29) is 5.97 Å². The zero-order chi connectivity index (χ0) is 18.5. The van der Waals surface area contributed by atoms with Gasteiger partial charge in [0.1, 0.15) is 5.75 Å². The monoisotopic (exact) mass is 362 g/mol. The Hall–Kier alpha value is -2.09. The largest absolute Gasteiger partial charge is 0.423 e. The summed E-state index contributed by atoms with van der Waals surface area (Å²) < 4.78 is 5.50. The fourth-order valence-corrected chi connectivity index (χ4v) is 5.10. The van der Waals surface area contributed by atoms with E-state index in [4.69, 9.17) is 4.74 Å². The number of ether oxygens (including phenoxy) is 1. The van der Waals surface area contributed by atoms with Crippen LogP contribution in [0, 0.1) is 11.8 Å². The summed E-state index contributed by atoms with van der Waals surface area (Å²) in [5, 5.41) is 0. The second-order valence-corrected chi connectivity index (χ2v) is 8.34. The van der Waals surface area contributed by atoms with Crippen LogP contribution in [0.4, 0.5) is 0 Å². The van der Waals surface area contributed by atoms with E-state index in [9.17, 15) is 4.79 Å². The van der Waals surface area contributed by atoms with Crippen LogP contribution in [0.5, 0.6) is 5.75 Å². The Morgan fingerprint density at radius 1 is 0.741 bits per heavy atom. The molecule has 142 valence electrons. The van der Waals surface area contributed by atoms with Gasteiger partial charge in [-0.2, -0.15) is 0 Å². The maximum absolute atomic E-state index is 12.5. The van der Waals surface area contributed by atoms with Gasteiger partial charge in [0.2, 0.25) is 0 Å². The SMILES string of the molecule is O=C(Oc1ccccc1)c1cccc(C2CCC(C3CCCCC3)CC2)c1. The molecule has 0 N–H and O–H groups in total. The number of hydrogen-bond acceptors (Lipinski definition) is 2. The Morgan fingerprint density at radius 2 is 1.44 bits per heavy atom. The highest BCUT2D eigenvalue weighted by Gasteiger charge is 2.29. The number of rotatable bonds is 4. The van der Waals surface area contributed by atoms with Crippen LogP contribution < -0.4 is 4.74 Å². The van der Waals surface area contributed by atoms with Crippen molar-refractivity contribution in [2.24, 2.45) is 11.8 Å². The quantitative estimate of drug-likeness (QED) is 0.443. The van der Waals surface area contributed by atoms with E-state index in [0.29, 0.717) is 17.2 Å². The number of carbonyl (C=O) groups is 1. The summed E-state index contributed by atoms with van der Waals surface area (Å²) in [5.41, 5.74) is 1.96. The van der Waals surface area contributed by atoms with E-state index in [0.717, 1.165) is 11.8 Å². The van der Waals surface area contributed by atoms with Crippen molar-refractivity contribution >= 4 is 5.97 Å². The third kappa shape index (κ3) is 4.61. The minimum Gasteiger partial charge on any atom is -0.423 e. The van der Waals surface area contributed by atoms with Crippen molar-refractivity contribution in [1.82, 2.24) is 0 Å². The first-order valence-corrected chi connectivity index (χ1v) is 10.7. The first-order valence-electron chi connectivity index (χ1n) is 10.7. The van der Waals surface area contributed by atoms with Gasteiger partial charge in [-0.25, -0.2) is 4.79 Å². The van der Waals surface area contributed by atoms with Crippen molar-refractivity contribution < 1.29 is 9.53 Å². The van der Waals surface area contributed by atoms with Gasteiger partial charge in [0, 0.05) is 0 Å². The topological polar surface area (TPSA) is 26.3 Å². The van der Waals surface area contributed by atoms with Crippen molar-refractivity contribution in [2.45, 2.75) is 63.7 Å². The molecule has 0 amide bonds. The minimum atomic E-state index is -0.265. The Balaban J connectivity index is 1.37. The summed E-state index contributed by atoms with van der Waals surface area (Å²) in [5.74, 6) is 2.84. The summed E-state index contributed by atoms with van der Waals surface area (Å²) in [6.07, 6.45) is 12.5. The maximum atomic E-state index is 12.5. The van der Waals surface area contributed by atoms with Crippen molar-refractivity contribution in [3.8, 4) is 5.75 Å². The van der Waals surface area contributed by atoms with Gasteiger partial charge in [-0.3, -0.25) is 0 Å². The highest BCUT2D eigenvalue weighted by atomic mass is 16.5. The molecule has 4 rings (SSSR count). The van der Waals surface area contributed by atoms with E-state index in [1.54, 1.807) is 0 Å². The fraction of sp³-hybridized carbons (Fsp3) is 0.480. The van der Waals surface area contributed by atoms with Crippen LogP contribution >= 0.6 is 0 Å². The molecule has 0 spiro atoms. The molecule has 2 heteroatoms. The van der Waals surface area contributed by atoms with Gasteiger partial charge in [-0.1, -0.05) is 62.4 Å². The van der Waals surface area contributed by atoms with Crippen LogP contribution in [0.2, 0.25) is 0 Å². The lowest BCUT2D eigenvalue weighted by molar-refractivity contribution is 0.0734. The number of benzene rings is 2. The highest BCUT2D eigenvalue weighted by molar-refractivity contribution is 5.91. The molecule has 2 fully saturated rings. The van der Waals surface area contributed by atoms with Gasteiger partial charge in [0.15, 0.2) is 0 Å². The smallest absolute Gasteiger partial charge is 0.343 e. The molecule has 0 bridgehead atoms. The average Bonchev–Trinajstić information content (AvgIpc) is 2.75. The first-order chi connectivity index (χ1) is 13.3. The van der Waals surface area contributed by atoms with E-state index in [2.05, 4.69) is 12.1 Å². The predicted molar refractivity (Wildman–Crippen MR) is 109 cm³/mol. The zero-order valence-corrected chi connectivity index (χ0v) is 16.1. The average molecular weight is 363 g/mol. The van der Waals surface area contributed by atoms with E-state index >= 15 is 0 Å². The number of para-hydroxylation sites is 1. The molecule has 0 aromatic heterocycles. The molecule has 0 unspecified atom stereocenters. The summed E-state index contributed by atoms with van der Waals surface area (Å²) in [7, 11) is 0. The standard InChI is InChI=1S/C25H30O2/c26-25(27-24-12-5-2-6-13-24)23-11-7-10-22(18-23)21-16-14-20(15-17-21)19-8-3-1-4-9-19/h2,5-7,10-13,18-21H,1,3-4,8-9,14-17H2. The predicted octanol–water partition coefficient (Wildman–Crippen LogP) is 6.76. The highest BCUT2D eigenvalue weighted by Crippen LogP contribution is 2.43. The second kappa shape index (κ2) is 8.73. The summed E-state index contributed by atoms with van der Waals surface area (Å²) in [6, 6.07) is 17.4. The van der Waals surface area contributed by atoms with Crippen LogP contribution in [-0.2, 0) is 0 Å². The minimum absolute atomic E-state index is 0.265. The van der Waals surface area contributed by atoms with Crippen molar-refractivity contribution in [2.75, 3.05) is 0 Å². The second-order valence-electron chi connectivity index (χ2n) is 8.34. The first kappa shape index (κ1) is 18.3. The molecule has 2 saturated carbocycles. The lowest BCUT2D eigenvalue weighted by Crippen LogP contribution is -2.23. The molecule has 2 aromatic rings.